The second-order valence-corrected chi connectivity index (χ2v) is 10.4. The normalized spacial score (nSPS) is 15.0. The number of nitrogens with zero attached hydrogens (tertiary/aromatic N) is 3. The molecule has 176 valence electrons. The molecular weight excluding hydrogens is 494 g/mol. The molecule has 0 unspecified atom stereocenters. The van der Waals surface area contributed by atoms with Gasteiger partial charge >= 0.3 is 0 Å². The Bertz CT molecular complexity index is 1210. The second kappa shape index (κ2) is 10.2. The van der Waals surface area contributed by atoms with Gasteiger partial charge in [0.1, 0.15) is 0 Å². The number of aromatic nitrogens is 1. The predicted molar refractivity (Wildman–Crippen MR) is 134 cm³/mol. The fourth-order valence-corrected chi connectivity index (χ4v) is 5.79. The van der Waals surface area contributed by atoms with E-state index in [2.05, 4.69) is 9.88 Å². The smallest absolute Gasteiger partial charge is 0.231 e. The topological polar surface area (TPSA) is 72.0 Å². The van der Waals surface area contributed by atoms with Crippen LogP contribution in [-0.2, 0) is 11.2 Å². The maximum absolute atomic E-state index is 12.8. The van der Waals surface area contributed by atoms with Gasteiger partial charge in [-0.25, -0.2) is 4.98 Å². The molecule has 1 fully saturated rings. The quantitative estimate of drug-likeness (QED) is 0.341. The van der Waals surface area contributed by atoms with Gasteiger partial charge < -0.3 is 19.3 Å². The maximum Gasteiger partial charge on any atom is 0.231 e. The molecule has 0 N–H and O–H groups in total. The minimum Gasteiger partial charge on any atom is -0.454 e. The SMILES string of the molecule is O=C(CSc1nc(CC(=O)N2CCN(c3cccc(Cl)c3)CC2)cs1)c1ccc2c(c1)OCO2. The van der Waals surface area contributed by atoms with E-state index in [1.165, 1.54) is 23.1 Å². The molecule has 0 saturated carbocycles. The van der Waals surface area contributed by atoms with Crippen molar-refractivity contribution >= 4 is 52.1 Å². The van der Waals surface area contributed by atoms with Crippen LogP contribution in [0.15, 0.2) is 52.2 Å². The van der Waals surface area contributed by atoms with E-state index < -0.39 is 0 Å². The van der Waals surface area contributed by atoms with E-state index in [9.17, 15) is 9.59 Å². The molecule has 0 atom stereocenters. The second-order valence-electron chi connectivity index (χ2n) is 7.91. The molecule has 1 amide bonds. The largest absolute Gasteiger partial charge is 0.454 e. The van der Waals surface area contributed by atoms with Crippen molar-refractivity contribution in [3.05, 3.63) is 64.1 Å². The third-order valence-corrected chi connectivity index (χ3v) is 7.99. The maximum atomic E-state index is 12.8. The molecule has 2 aliphatic heterocycles. The van der Waals surface area contributed by atoms with Gasteiger partial charge in [0.05, 0.1) is 17.9 Å². The van der Waals surface area contributed by atoms with Crippen LogP contribution in [0.3, 0.4) is 0 Å². The molecule has 2 aliphatic rings. The molecule has 0 bridgehead atoms. The first-order chi connectivity index (χ1) is 16.5. The number of fused-ring (bicyclic) bond motifs is 1. The van der Waals surface area contributed by atoms with E-state index >= 15 is 0 Å². The lowest BCUT2D eigenvalue weighted by Gasteiger charge is -2.36. The molecule has 0 radical (unpaired) electrons. The third kappa shape index (κ3) is 5.32. The molecular formula is C24H22ClN3O4S2. The zero-order valence-electron chi connectivity index (χ0n) is 18.2. The number of hydrogen-bond donors (Lipinski definition) is 0. The number of amides is 1. The fraction of sp³-hybridized carbons (Fsp3) is 0.292. The lowest BCUT2D eigenvalue weighted by molar-refractivity contribution is -0.130. The molecule has 10 heteroatoms. The summed E-state index contributed by atoms with van der Waals surface area (Å²) in [6.07, 6.45) is 0.268. The van der Waals surface area contributed by atoms with Crippen LogP contribution in [0, 0.1) is 0 Å². The van der Waals surface area contributed by atoms with Crippen molar-refractivity contribution in [3.8, 4) is 11.5 Å². The molecule has 3 heterocycles. The van der Waals surface area contributed by atoms with E-state index in [1.807, 2.05) is 34.5 Å². The first-order valence-electron chi connectivity index (χ1n) is 10.8. The van der Waals surface area contributed by atoms with E-state index in [1.54, 1.807) is 18.2 Å². The van der Waals surface area contributed by atoms with Gasteiger partial charge in [0.15, 0.2) is 21.6 Å². The van der Waals surface area contributed by atoms with Crippen LogP contribution in [0.2, 0.25) is 5.02 Å². The molecule has 0 spiro atoms. The highest BCUT2D eigenvalue weighted by molar-refractivity contribution is 8.01. The van der Waals surface area contributed by atoms with Crippen molar-refractivity contribution in [3.63, 3.8) is 0 Å². The summed E-state index contributed by atoms with van der Waals surface area (Å²) < 4.78 is 11.4. The lowest BCUT2D eigenvalue weighted by Crippen LogP contribution is -2.49. The minimum atomic E-state index is -0.00583. The standard InChI is InChI=1S/C24H22ClN3O4S2/c25-17-2-1-3-19(11-17)27-6-8-28(9-7-27)23(30)12-18-13-33-24(26-18)34-14-20(29)16-4-5-21-22(10-16)32-15-31-21/h1-5,10-11,13H,6-9,12,14-15H2. The first kappa shape index (κ1) is 23.0. The summed E-state index contributed by atoms with van der Waals surface area (Å²) in [5, 5.41) is 2.61. The molecule has 3 aromatic rings. The number of piperazine rings is 1. The number of carbonyl (C=O) groups excluding carboxylic acids is 2. The summed E-state index contributed by atoms with van der Waals surface area (Å²) in [7, 11) is 0. The Morgan fingerprint density at radius 2 is 1.88 bits per heavy atom. The molecule has 34 heavy (non-hydrogen) atoms. The highest BCUT2D eigenvalue weighted by Crippen LogP contribution is 2.33. The van der Waals surface area contributed by atoms with Crippen LogP contribution in [0.25, 0.3) is 0 Å². The van der Waals surface area contributed by atoms with Crippen LogP contribution >= 0.6 is 34.7 Å². The summed E-state index contributed by atoms with van der Waals surface area (Å²) >= 11 is 8.94. The Kier molecular flexibility index (Phi) is 6.94. The molecule has 5 rings (SSSR count). The van der Waals surface area contributed by atoms with Gasteiger partial charge in [0.25, 0.3) is 0 Å². The molecule has 7 nitrogen and oxygen atoms in total. The minimum absolute atomic E-state index is 0.00583. The summed E-state index contributed by atoms with van der Waals surface area (Å²) in [4.78, 5) is 34.0. The van der Waals surface area contributed by atoms with Crippen molar-refractivity contribution in [1.82, 2.24) is 9.88 Å². The summed E-state index contributed by atoms with van der Waals surface area (Å²) in [6.45, 7) is 3.06. The number of carbonyl (C=O) groups is 2. The van der Waals surface area contributed by atoms with Gasteiger partial charge in [-0.2, -0.15) is 0 Å². The number of ketones is 1. The number of rotatable bonds is 7. The van der Waals surface area contributed by atoms with E-state index in [0.717, 1.165) is 28.8 Å². The average molecular weight is 516 g/mol. The Morgan fingerprint density at radius 3 is 2.71 bits per heavy atom. The zero-order chi connectivity index (χ0) is 23.5. The Labute approximate surface area is 210 Å². The van der Waals surface area contributed by atoms with Crippen LogP contribution in [0.5, 0.6) is 11.5 Å². The highest BCUT2D eigenvalue weighted by atomic mass is 35.5. The summed E-state index contributed by atoms with van der Waals surface area (Å²) in [6, 6.07) is 13.0. The number of anilines is 1. The van der Waals surface area contributed by atoms with E-state index in [4.69, 9.17) is 21.1 Å². The fourth-order valence-electron chi connectivity index (χ4n) is 3.87. The number of thiazole rings is 1. The van der Waals surface area contributed by atoms with Crippen molar-refractivity contribution in [2.24, 2.45) is 0 Å². The van der Waals surface area contributed by atoms with E-state index in [0.29, 0.717) is 35.2 Å². The molecule has 1 saturated heterocycles. The van der Waals surface area contributed by atoms with Gasteiger partial charge in [-0.3, -0.25) is 9.59 Å². The van der Waals surface area contributed by atoms with Crippen LogP contribution in [0.1, 0.15) is 16.1 Å². The van der Waals surface area contributed by atoms with Crippen molar-refractivity contribution in [2.75, 3.05) is 43.6 Å². The van der Waals surface area contributed by atoms with Gasteiger partial charge in [0, 0.05) is 47.8 Å². The predicted octanol–water partition coefficient (Wildman–Crippen LogP) is 4.39. The first-order valence-corrected chi connectivity index (χ1v) is 13.1. The summed E-state index contributed by atoms with van der Waals surface area (Å²) in [5.74, 6) is 1.59. The van der Waals surface area contributed by atoms with Crippen LogP contribution in [0.4, 0.5) is 5.69 Å². The molecule has 2 aromatic carbocycles. The molecule has 0 aliphatic carbocycles. The Morgan fingerprint density at radius 1 is 1.06 bits per heavy atom. The van der Waals surface area contributed by atoms with Gasteiger partial charge in [0.2, 0.25) is 12.7 Å². The van der Waals surface area contributed by atoms with Gasteiger partial charge in [-0.15, -0.1) is 11.3 Å². The number of hydrogen-bond acceptors (Lipinski definition) is 8. The average Bonchev–Trinajstić information content (AvgIpc) is 3.51. The lowest BCUT2D eigenvalue weighted by atomic mass is 10.1. The van der Waals surface area contributed by atoms with Crippen molar-refractivity contribution in [1.29, 1.82) is 0 Å². The highest BCUT2D eigenvalue weighted by Gasteiger charge is 2.22. The van der Waals surface area contributed by atoms with Gasteiger partial charge in [-0.05, 0) is 36.4 Å². The number of thioether (sulfide) groups is 1. The van der Waals surface area contributed by atoms with Crippen molar-refractivity contribution < 1.29 is 19.1 Å². The molecule has 1 aromatic heterocycles. The number of benzene rings is 2. The van der Waals surface area contributed by atoms with Crippen LogP contribution < -0.4 is 14.4 Å². The van der Waals surface area contributed by atoms with E-state index in [-0.39, 0.29) is 30.7 Å². The number of ether oxygens (including phenoxy) is 2. The summed E-state index contributed by atoms with van der Waals surface area (Å²) in [5.41, 5.74) is 2.40. The van der Waals surface area contributed by atoms with Crippen LogP contribution in [-0.4, -0.2) is 60.3 Å². The monoisotopic (exact) mass is 515 g/mol. The van der Waals surface area contributed by atoms with Crippen molar-refractivity contribution in [2.45, 2.75) is 10.8 Å². The van der Waals surface area contributed by atoms with Gasteiger partial charge in [-0.1, -0.05) is 29.4 Å². The Hall–Kier alpha value is -2.75. The Balaban J connectivity index is 1.10. The third-order valence-electron chi connectivity index (χ3n) is 5.69. The zero-order valence-corrected chi connectivity index (χ0v) is 20.6. The number of halogens is 1. The number of Topliss-reactive ketones (excluding diaryl/α,β-unsaturated/α-hetero) is 1.